The molecule has 0 saturated heterocycles. The van der Waals surface area contributed by atoms with Gasteiger partial charge < -0.3 is 9.88 Å². The van der Waals surface area contributed by atoms with E-state index in [1.165, 1.54) is 19.3 Å². The number of hydrogen-bond donors (Lipinski definition) is 1. The van der Waals surface area contributed by atoms with Crippen molar-refractivity contribution in [2.75, 3.05) is 0 Å². The number of nitrogens with zero attached hydrogens (tertiary/aromatic N) is 3. The standard InChI is InChI=1S/C17H32N4/c1-12(2)21-11-18-20-15(21)13(3)19-14-8-16(4,5)10-17(6,7)9-14/h11-14,19H,8-10H2,1-7H3/t13-/m0/s1. The minimum absolute atomic E-state index is 0.240. The number of aromatic nitrogens is 3. The topological polar surface area (TPSA) is 42.7 Å². The van der Waals surface area contributed by atoms with Crippen molar-refractivity contribution in [1.29, 1.82) is 0 Å². The van der Waals surface area contributed by atoms with Crippen LogP contribution in [0.3, 0.4) is 0 Å². The summed E-state index contributed by atoms with van der Waals surface area (Å²) in [6.07, 6.45) is 5.61. The van der Waals surface area contributed by atoms with E-state index in [2.05, 4.69) is 68.5 Å². The van der Waals surface area contributed by atoms with E-state index >= 15 is 0 Å². The van der Waals surface area contributed by atoms with Crippen molar-refractivity contribution in [1.82, 2.24) is 20.1 Å². The molecule has 1 aromatic rings. The molecular weight excluding hydrogens is 260 g/mol. The van der Waals surface area contributed by atoms with Gasteiger partial charge in [-0.2, -0.15) is 0 Å². The summed E-state index contributed by atoms with van der Waals surface area (Å²) < 4.78 is 2.16. The first-order valence-corrected chi connectivity index (χ1v) is 8.25. The molecule has 1 N–H and O–H groups in total. The van der Waals surface area contributed by atoms with Gasteiger partial charge >= 0.3 is 0 Å². The lowest BCUT2D eigenvalue weighted by Crippen LogP contribution is -2.45. The van der Waals surface area contributed by atoms with Crippen LogP contribution in [-0.2, 0) is 0 Å². The zero-order chi connectivity index (χ0) is 15.8. The van der Waals surface area contributed by atoms with E-state index in [4.69, 9.17) is 0 Å². The molecule has 0 amide bonds. The van der Waals surface area contributed by atoms with Gasteiger partial charge in [0.05, 0.1) is 6.04 Å². The maximum atomic E-state index is 4.33. The molecule has 0 aromatic carbocycles. The first kappa shape index (κ1) is 16.5. The predicted octanol–water partition coefficient (Wildman–Crippen LogP) is 4.11. The summed E-state index contributed by atoms with van der Waals surface area (Å²) in [7, 11) is 0. The second kappa shape index (κ2) is 5.71. The molecule has 1 fully saturated rings. The van der Waals surface area contributed by atoms with E-state index in [1.54, 1.807) is 0 Å². The largest absolute Gasteiger partial charge is 0.314 e. The van der Waals surface area contributed by atoms with Crippen molar-refractivity contribution in [3.05, 3.63) is 12.2 Å². The Kier molecular flexibility index (Phi) is 4.48. The summed E-state index contributed by atoms with van der Waals surface area (Å²) in [5.74, 6) is 1.05. The molecule has 4 heteroatoms. The van der Waals surface area contributed by atoms with Crippen LogP contribution in [0.25, 0.3) is 0 Å². The van der Waals surface area contributed by atoms with Crippen LogP contribution in [0.1, 0.15) is 85.6 Å². The quantitative estimate of drug-likeness (QED) is 0.908. The molecular formula is C17H32N4. The smallest absolute Gasteiger partial charge is 0.149 e. The zero-order valence-corrected chi connectivity index (χ0v) is 14.8. The van der Waals surface area contributed by atoms with Gasteiger partial charge in [0.25, 0.3) is 0 Å². The summed E-state index contributed by atoms with van der Waals surface area (Å²) >= 11 is 0. The van der Waals surface area contributed by atoms with E-state index in [0.29, 0.717) is 22.9 Å². The molecule has 2 rings (SSSR count). The van der Waals surface area contributed by atoms with E-state index in [0.717, 1.165) is 5.82 Å². The van der Waals surface area contributed by atoms with Gasteiger partial charge in [-0.1, -0.05) is 27.7 Å². The summed E-state index contributed by atoms with van der Waals surface area (Å²) in [5.41, 5.74) is 0.815. The third kappa shape index (κ3) is 4.06. The molecule has 1 atom stereocenters. The van der Waals surface area contributed by atoms with Crippen LogP contribution in [0.4, 0.5) is 0 Å². The van der Waals surface area contributed by atoms with Crippen molar-refractivity contribution in [2.45, 2.75) is 85.9 Å². The second-order valence-electron chi connectivity index (χ2n) is 8.69. The molecule has 0 bridgehead atoms. The Hall–Kier alpha value is -0.900. The van der Waals surface area contributed by atoms with Crippen LogP contribution in [0.5, 0.6) is 0 Å². The van der Waals surface area contributed by atoms with Crippen LogP contribution in [0.2, 0.25) is 0 Å². The lowest BCUT2D eigenvalue weighted by molar-refractivity contribution is 0.0804. The SMILES string of the molecule is CC(C)n1cnnc1[C@H](C)NC1CC(C)(C)CC(C)(C)C1. The Morgan fingerprint density at radius 2 is 1.71 bits per heavy atom. The molecule has 1 aromatic heterocycles. The molecule has 1 heterocycles. The molecule has 120 valence electrons. The average molecular weight is 292 g/mol. The summed E-state index contributed by atoms with van der Waals surface area (Å²) in [5, 5.41) is 12.2. The Bertz CT molecular complexity index is 457. The van der Waals surface area contributed by atoms with Crippen molar-refractivity contribution >= 4 is 0 Å². The van der Waals surface area contributed by atoms with Gasteiger partial charge in [0.1, 0.15) is 12.2 Å². The third-order valence-electron chi connectivity index (χ3n) is 4.59. The highest BCUT2D eigenvalue weighted by molar-refractivity contribution is 4.99. The van der Waals surface area contributed by atoms with Crippen molar-refractivity contribution in [3.8, 4) is 0 Å². The third-order valence-corrected chi connectivity index (χ3v) is 4.59. The van der Waals surface area contributed by atoms with Gasteiger partial charge in [-0.15, -0.1) is 10.2 Å². The maximum Gasteiger partial charge on any atom is 0.149 e. The molecule has 1 saturated carbocycles. The highest BCUT2D eigenvalue weighted by Gasteiger charge is 2.38. The number of nitrogens with one attached hydrogen (secondary N) is 1. The Morgan fingerprint density at radius 3 is 2.24 bits per heavy atom. The lowest BCUT2D eigenvalue weighted by atomic mass is 9.63. The fourth-order valence-corrected chi connectivity index (χ4v) is 4.35. The van der Waals surface area contributed by atoms with Gasteiger partial charge in [0.15, 0.2) is 0 Å². The minimum Gasteiger partial charge on any atom is -0.314 e. The lowest BCUT2D eigenvalue weighted by Gasteiger charge is -2.46. The molecule has 0 radical (unpaired) electrons. The van der Waals surface area contributed by atoms with E-state index in [-0.39, 0.29) is 6.04 Å². The first-order chi connectivity index (χ1) is 9.60. The van der Waals surface area contributed by atoms with Gasteiger partial charge in [0, 0.05) is 12.1 Å². The summed E-state index contributed by atoms with van der Waals surface area (Å²) in [4.78, 5) is 0. The molecule has 0 aliphatic heterocycles. The Labute approximate surface area is 129 Å². The fraction of sp³-hybridized carbons (Fsp3) is 0.882. The Morgan fingerprint density at radius 1 is 1.14 bits per heavy atom. The monoisotopic (exact) mass is 292 g/mol. The Balaban J connectivity index is 2.08. The second-order valence-corrected chi connectivity index (χ2v) is 8.69. The van der Waals surface area contributed by atoms with E-state index in [1.807, 2.05) is 6.33 Å². The van der Waals surface area contributed by atoms with Crippen LogP contribution < -0.4 is 5.32 Å². The van der Waals surface area contributed by atoms with E-state index < -0.39 is 0 Å². The van der Waals surface area contributed by atoms with Gasteiger partial charge in [0.2, 0.25) is 0 Å². The van der Waals surface area contributed by atoms with Crippen LogP contribution in [-0.4, -0.2) is 20.8 Å². The van der Waals surface area contributed by atoms with Crippen molar-refractivity contribution in [2.24, 2.45) is 10.8 Å². The van der Waals surface area contributed by atoms with Crippen molar-refractivity contribution in [3.63, 3.8) is 0 Å². The van der Waals surface area contributed by atoms with Crippen LogP contribution >= 0.6 is 0 Å². The van der Waals surface area contributed by atoms with Crippen molar-refractivity contribution < 1.29 is 0 Å². The van der Waals surface area contributed by atoms with Gasteiger partial charge in [-0.3, -0.25) is 0 Å². The molecule has 0 spiro atoms. The minimum atomic E-state index is 0.240. The number of hydrogen-bond acceptors (Lipinski definition) is 3. The summed E-state index contributed by atoms with van der Waals surface area (Å²) in [6, 6.07) is 1.19. The van der Waals surface area contributed by atoms with Crippen LogP contribution in [0.15, 0.2) is 6.33 Å². The molecule has 4 nitrogen and oxygen atoms in total. The molecule has 1 aliphatic rings. The van der Waals surface area contributed by atoms with Gasteiger partial charge in [-0.25, -0.2) is 0 Å². The van der Waals surface area contributed by atoms with E-state index in [9.17, 15) is 0 Å². The number of rotatable bonds is 4. The zero-order valence-electron chi connectivity index (χ0n) is 14.8. The normalized spacial score (nSPS) is 23.4. The molecule has 1 aliphatic carbocycles. The first-order valence-electron chi connectivity index (χ1n) is 8.25. The highest BCUT2D eigenvalue weighted by Crippen LogP contribution is 2.46. The average Bonchev–Trinajstić information content (AvgIpc) is 2.72. The maximum absolute atomic E-state index is 4.33. The van der Waals surface area contributed by atoms with Crippen LogP contribution in [0, 0.1) is 10.8 Å². The fourth-order valence-electron chi connectivity index (χ4n) is 4.35. The molecule has 0 unspecified atom stereocenters. The van der Waals surface area contributed by atoms with Gasteiger partial charge in [-0.05, 0) is 50.9 Å². The highest BCUT2D eigenvalue weighted by atomic mass is 15.3. The summed E-state index contributed by atoms with van der Waals surface area (Å²) in [6.45, 7) is 16.1. The predicted molar refractivity (Wildman–Crippen MR) is 87.2 cm³/mol. The molecule has 21 heavy (non-hydrogen) atoms.